The number of rotatable bonds is 6. The number of carboxylic acid groups (broad SMARTS) is 1. The Hall–Kier alpha value is -2.04. The van der Waals surface area contributed by atoms with Crippen LogP contribution in [0.3, 0.4) is 0 Å². The lowest BCUT2D eigenvalue weighted by Gasteiger charge is -2.27. The summed E-state index contributed by atoms with van der Waals surface area (Å²) in [7, 11) is 0. The first kappa shape index (κ1) is 16.0. The number of hydrogen-bond donors (Lipinski definition) is 2. The van der Waals surface area contributed by atoms with Gasteiger partial charge < -0.3 is 15.1 Å². The van der Waals surface area contributed by atoms with Crippen LogP contribution < -0.4 is 0 Å². The Kier molecular flexibility index (Phi) is 5.55. The molecular formula is C15H21NO4. The van der Waals surface area contributed by atoms with Crippen LogP contribution in [0.25, 0.3) is 0 Å². The number of amides is 1. The average Bonchev–Trinajstić information content (AvgIpc) is 2.36. The van der Waals surface area contributed by atoms with E-state index < -0.39 is 5.97 Å². The molecule has 1 amide bonds. The largest absolute Gasteiger partial charge is 0.507 e. The molecule has 0 aliphatic heterocycles. The molecule has 1 aromatic rings. The minimum Gasteiger partial charge on any atom is -0.507 e. The van der Waals surface area contributed by atoms with Crippen molar-refractivity contribution in [3.63, 3.8) is 0 Å². The van der Waals surface area contributed by atoms with Gasteiger partial charge in [-0.15, -0.1) is 0 Å². The van der Waals surface area contributed by atoms with E-state index in [2.05, 4.69) is 0 Å². The Labute approximate surface area is 118 Å². The minimum absolute atomic E-state index is 0.0126. The number of carbonyl (C=O) groups is 2. The maximum absolute atomic E-state index is 12.5. The number of nitrogens with zero attached hydrogens (tertiary/aromatic N) is 1. The number of aliphatic carboxylic acids is 1. The van der Waals surface area contributed by atoms with Gasteiger partial charge in [-0.25, -0.2) is 0 Å². The molecule has 0 aliphatic carbocycles. The van der Waals surface area contributed by atoms with Crippen LogP contribution in [0, 0.1) is 6.92 Å². The number of benzene rings is 1. The summed E-state index contributed by atoms with van der Waals surface area (Å²) < 4.78 is 0. The lowest BCUT2D eigenvalue weighted by atomic mass is 10.1. The van der Waals surface area contributed by atoms with E-state index in [1.165, 1.54) is 0 Å². The zero-order chi connectivity index (χ0) is 15.3. The highest BCUT2D eigenvalue weighted by Gasteiger charge is 2.21. The van der Waals surface area contributed by atoms with Gasteiger partial charge in [-0.2, -0.15) is 0 Å². The van der Waals surface area contributed by atoms with Crippen LogP contribution in [0.4, 0.5) is 0 Å². The fourth-order valence-electron chi connectivity index (χ4n) is 1.98. The van der Waals surface area contributed by atoms with Gasteiger partial charge in [0.1, 0.15) is 5.75 Å². The maximum atomic E-state index is 12.5. The summed E-state index contributed by atoms with van der Waals surface area (Å²) in [5, 5.41) is 18.6. The monoisotopic (exact) mass is 279 g/mol. The Morgan fingerprint density at radius 3 is 2.50 bits per heavy atom. The van der Waals surface area contributed by atoms with Gasteiger partial charge in [-0.1, -0.05) is 12.1 Å². The van der Waals surface area contributed by atoms with Crippen molar-refractivity contribution in [1.82, 2.24) is 4.90 Å². The molecule has 5 nitrogen and oxygen atoms in total. The van der Waals surface area contributed by atoms with E-state index in [1.807, 2.05) is 13.8 Å². The van der Waals surface area contributed by atoms with Gasteiger partial charge in [-0.05, 0) is 38.8 Å². The van der Waals surface area contributed by atoms with Crippen molar-refractivity contribution >= 4 is 11.9 Å². The predicted molar refractivity (Wildman–Crippen MR) is 75.9 cm³/mol. The Morgan fingerprint density at radius 2 is 1.95 bits per heavy atom. The van der Waals surface area contributed by atoms with Crippen LogP contribution in [-0.4, -0.2) is 39.6 Å². The second-order valence-electron chi connectivity index (χ2n) is 5.06. The number of carbonyl (C=O) groups excluding carboxylic acids is 1. The van der Waals surface area contributed by atoms with Crippen molar-refractivity contribution in [3.8, 4) is 5.75 Å². The number of carboxylic acids is 1. The summed E-state index contributed by atoms with van der Waals surface area (Å²) in [4.78, 5) is 24.6. The van der Waals surface area contributed by atoms with E-state index in [0.717, 1.165) is 0 Å². The summed E-state index contributed by atoms with van der Waals surface area (Å²) in [6.07, 6.45) is 0.419. The lowest BCUT2D eigenvalue weighted by molar-refractivity contribution is -0.137. The van der Waals surface area contributed by atoms with Crippen molar-refractivity contribution in [2.45, 2.75) is 39.7 Å². The number of para-hydroxylation sites is 1. The van der Waals surface area contributed by atoms with Crippen LogP contribution in [0.1, 0.15) is 42.6 Å². The summed E-state index contributed by atoms with van der Waals surface area (Å²) in [5.41, 5.74) is 0.902. The smallest absolute Gasteiger partial charge is 0.303 e. The number of phenolic OH excluding ortho intramolecular Hbond substituents is 1. The fourth-order valence-corrected chi connectivity index (χ4v) is 1.98. The number of aryl methyl sites for hydroxylation is 1. The second kappa shape index (κ2) is 6.93. The molecule has 0 saturated carbocycles. The third-order valence-electron chi connectivity index (χ3n) is 3.14. The molecule has 0 saturated heterocycles. The van der Waals surface area contributed by atoms with E-state index in [-0.39, 0.29) is 29.7 Å². The Balaban J connectivity index is 2.88. The molecule has 0 aromatic heterocycles. The highest BCUT2D eigenvalue weighted by atomic mass is 16.4. The molecule has 0 spiro atoms. The molecule has 2 N–H and O–H groups in total. The molecule has 0 atom stereocenters. The van der Waals surface area contributed by atoms with Crippen molar-refractivity contribution in [2.24, 2.45) is 0 Å². The topological polar surface area (TPSA) is 77.8 Å². The number of aromatic hydroxyl groups is 1. The third kappa shape index (κ3) is 3.98. The standard InChI is InChI=1S/C15H21NO4/c1-10(2)16(9-5-8-13(17)18)15(20)12-7-4-6-11(3)14(12)19/h4,6-7,10,19H,5,8-9H2,1-3H3,(H,17,18). The van der Waals surface area contributed by atoms with Crippen LogP contribution >= 0.6 is 0 Å². The van der Waals surface area contributed by atoms with E-state index in [0.29, 0.717) is 18.5 Å². The second-order valence-corrected chi connectivity index (χ2v) is 5.06. The SMILES string of the molecule is Cc1cccc(C(=O)N(CCCC(=O)O)C(C)C)c1O. The normalized spacial score (nSPS) is 10.6. The lowest BCUT2D eigenvalue weighted by Crippen LogP contribution is -2.38. The van der Waals surface area contributed by atoms with Crippen LogP contribution in [0.2, 0.25) is 0 Å². The van der Waals surface area contributed by atoms with E-state index in [4.69, 9.17) is 5.11 Å². The van der Waals surface area contributed by atoms with Gasteiger partial charge in [0.15, 0.2) is 0 Å². The highest BCUT2D eigenvalue weighted by Crippen LogP contribution is 2.23. The molecule has 5 heteroatoms. The number of phenols is 1. The molecule has 1 aromatic carbocycles. The Morgan fingerprint density at radius 1 is 1.30 bits per heavy atom. The van der Waals surface area contributed by atoms with E-state index in [9.17, 15) is 14.7 Å². The maximum Gasteiger partial charge on any atom is 0.303 e. The molecule has 0 unspecified atom stereocenters. The molecular weight excluding hydrogens is 258 g/mol. The highest BCUT2D eigenvalue weighted by molar-refractivity contribution is 5.97. The zero-order valence-corrected chi connectivity index (χ0v) is 12.1. The molecule has 20 heavy (non-hydrogen) atoms. The quantitative estimate of drug-likeness (QED) is 0.838. The van der Waals surface area contributed by atoms with Gasteiger partial charge in [0.25, 0.3) is 5.91 Å². The van der Waals surface area contributed by atoms with Gasteiger partial charge in [0.2, 0.25) is 0 Å². The first-order chi connectivity index (χ1) is 9.34. The average molecular weight is 279 g/mol. The summed E-state index contributed by atoms with van der Waals surface area (Å²) >= 11 is 0. The summed E-state index contributed by atoms with van der Waals surface area (Å²) in [5.74, 6) is -1.16. The zero-order valence-electron chi connectivity index (χ0n) is 12.1. The van der Waals surface area contributed by atoms with Crippen molar-refractivity contribution in [2.75, 3.05) is 6.54 Å². The summed E-state index contributed by atoms with van der Waals surface area (Å²) in [6, 6.07) is 4.97. The molecule has 0 fully saturated rings. The van der Waals surface area contributed by atoms with Crippen molar-refractivity contribution in [1.29, 1.82) is 0 Å². The van der Waals surface area contributed by atoms with Crippen LogP contribution in [0.5, 0.6) is 5.75 Å². The summed E-state index contributed by atoms with van der Waals surface area (Å²) in [6.45, 7) is 5.82. The first-order valence-electron chi connectivity index (χ1n) is 6.66. The van der Waals surface area contributed by atoms with Gasteiger partial charge in [0.05, 0.1) is 5.56 Å². The molecule has 110 valence electrons. The van der Waals surface area contributed by atoms with E-state index in [1.54, 1.807) is 30.0 Å². The Bertz CT molecular complexity index is 497. The third-order valence-corrected chi connectivity index (χ3v) is 3.14. The predicted octanol–water partition coefficient (Wildman–Crippen LogP) is 2.42. The van der Waals surface area contributed by atoms with Crippen molar-refractivity contribution < 1.29 is 19.8 Å². The number of hydrogen-bond acceptors (Lipinski definition) is 3. The van der Waals surface area contributed by atoms with Crippen molar-refractivity contribution in [3.05, 3.63) is 29.3 Å². The van der Waals surface area contributed by atoms with Gasteiger partial charge >= 0.3 is 5.97 Å². The van der Waals surface area contributed by atoms with Gasteiger partial charge in [0, 0.05) is 19.0 Å². The molecule has 1 rings (SSSR count). The first-order valence-corrected chi connectivity index (χ1v) is 6.66. The van der Waals surface area contributed by atoms with Gasteiger partial charge in [-0.3, -0.25) is 9.59 Å². The molecule has 0 radical (unpaired) electrons. The molecule has 0 heterocycles. The van der Waals surface area contributed by atoms with E-state index >= 15 is 0 Å². The minimum atomic E-state index is -0.875. The molecule has 0 bridgehead atoms. The molecule has 0 aliphatic rings. The van der Waals surface area contributed by atoms with Crippen LogP contribution in [0.15, 0.2) is 18.2 Å². The fraction of sp³-hybridized carbons (Fsp3) is 0.467. The van der Waals surface area contributed by atoms with Crippen LogP contribution in [-0.2, 0) is 4.79 Å².